The van der Waals surface area contributed by atoms with Crippen molar-refractivity contribution in [3.05, 3.63) is 41.0 Å². The maximum atomic E-state index is 14.9. The number of nitrogens with one attached hydrogen (secondary N) is 1. The topological polar surface area (TPSA) is 84.9 Å². The summed E-state index contributed by atoms with van der Waals surface area (Å²) in [4.78, 5) is 13.6. The summed E-state index contributed by atoms with van der Waals surface area (Å²) in [6.07, 6.45) is -4.42. The summed E-state index contributed by atoms with van der Waals surface area (Å²) in [6, 6.07) is 0.760. The van der Waals surface area contributed by atoms with Crippen LogP contribution in [0.3, 0.4) is 0 Å². The average Bonchev–Trinajstić information content (AvgIpc) is 2.76. The number of carbonyl (C=O) groups is 1. The number of piperidine rings is 1. The van der Waals surface area contributed by atoms with E-state index in [-0.39, 0.29) is 31.4 Å². The Kier molecular flexibility index (Phi) is 8.43. The highest BCUT2D eigenvalue weighted by Gasteiger charge is 2.39. The van der Waals surface area contributed by atoms with Crippen molar-refractivity contribution in [1.29, 1.82) is 0 Å². The molecule has 3 atom stereocenters. The SMILES string of the molecule is COC(=O)N1CCCC(NS(C)(=O)=O)C1COC1CCC(c2ccc(F)cc2C(F)(F)F)=C(F)C1. The number of ether oxygens (including phenoxy) is 2. The summed E-state index contributed by atoms with van der Waals surface area (Å²) in [5.74, 6) is -1.86. The van der Waals surface area contributed by atoms with Gasteiger partial charge in [0.05, 0.1) is 37.7 Å². The zero-order valence-corrected chi connectivity index (χ0v) is 20.0. The van der Waals surface area contributed by atoms with Crippen molar-refractivity contribution in [3.8, 4) is 0 Å². The molecule has 1 heterocycles. The van der Waals surface area contributed by atoms with Gasteiger partial charge in [0.25, 0.3) is 0 Å². The van der Waals surface area contributed by atoms with Gasteiger partial charge in [-0.15, -0.1) is 0 Å². The van der Waals surface area contributed by atoms with Gasteiger partial charge in [-0.05, 0) is 49.0 Å². The Hall–Kier alpha value is -2.25. The minimum Gasteiger partial charge on any atom is -0.453 e. The fourth-order valence-corrected chi connectivity index (χ4v) is 5.38. The van der Waals surface area contributed by atoms with Crippen molar-refractivity contribution in [2.24, 2.45) is 0 Å². The standard InChI is InChI=1S/C22H27F5N2O5S/c1-33-21(30)29-9-3-4-19(28-35(2,31)32)20(29)12-34-14-6-8-16(18(24)11-14)15-7-5-13(23)10-17(15)22(25,26)27/h5,7,10,14,19-20,28H,3-4,6,8-9,11-12H2,1-2H3. The molecule has 7 nitrogen and oxygen atoms in total. The molecule has 1 amide bonds. The van der Waals surface area contributed by atoms with E-state index in [0.717, 1.165) is 18.4 Å². The van der Waals surface area contributed by atoms with Gasteiger partial charge in [-0.25, -0.2) is 26.7 Å². The van der Waals surface area contributed by atoms with E-state index in [2.05, 4.69) is 4.72 Å². The van der Waals surface area contributed by atoms with Crippen molar-refractivity contribution in [2.75, 3.05) is 26.5 Å². The van der Waals surface area contributed by atoms with Crippen LogP contribution in [-0.4, -0.2) is 64.1 Å². The molecule has 1 aliphatic carbocycles. The normalized spacial score (nSPS) is 24.0. The zero-order valence-electron chi connectivity index (χ0n) is 19.2. The number of benzene rings is 1. The van der Waals surface area contributed by atoms with Crippen LogP contribution >= 0.6 is 0 Å². The van der Waals surface area contributed by atoms with Gasteiger partial charge >= 0.3 is 12.3 Å². The van der Waals surface area contributed by atoms with Crippen molar-refractivity contribution >= 4 is 21.7 Å². The number of likely N-dealkylation sites (tertiary alicyclic amines) is 1. The van der Waals surface area contributed by atoms with Crippen molar-refractivity contribution < 1.29 is 44.6 Å². The Bertz CT molecular complexity index is 1080. The molecule has 1 N–H and O–H groups in total. The summed E-state index contributed by atoms with van der Waals surface area (Å²) < 4.78 is 105. The van der Waals surface area contributed by atoms with E-state index >= 15 is 0 Å². The Morgan fingerprint density at radius 2 is 1.94 bits per heavy atom. The minimum absolute atomic E-state index is 0.0678. The van der Waals surface area contributed by atoms with Gasteiger partial charge in [0.15, 0.2) is 0 Å². The smallest absolute Gasteiger partial charge is 0.417 e. The number of hydrogen-bond donors (Lipinski definition) is 1. The highest BCUT2D eigenvalue weighted by Crippen LogP contribution is 2.41. The van der Waals surface area contributed by atoms with Crippen molar-refractivity contribution in [3.63, 3.8) is 0 Å². The van der Waals surface area contributed by atoms with E-state index in [1.807, 2.05) is 0 Å². The average molecular weight is 527 g/mol. The number of sulfonamides is 1. The molecule has 1 aromatic rings. The molecule has 196 valence electrons. The van der Waals surface area contributed by atoms with E-state index in [1.165, 1.54) is 12.0 Å². The maximum Gasteiger partial charge on any atom is 0.417 e. The quantitative estimate of drug-likeness (QED) is 0.561. The largest absolute Gasteiger partial charge is 0.453 e. The fraction of sp³-hybridized carbons (Fsp3) is 0.591. The van der Waals surface area contributed by atoms with Crippen LogP contribution in [-0.2, 0) is 25.7 Å². The summed E-state index contributed by atoms with van der Waals surface area (Å²) in [7, 11) is -2.40. The Morgan fingerprint density at radius 1 is 1.23 bits per heavy atom. The third-order valence-electron chi connectivity index (χ3n) is 6.12. The summed E-state index contributed by atoms with van der Waals surface area (Å²) >= 11 is 0. The van der Waals surface area contributed by atoms with Crippen molar-refractivity contribution in [1.82, 2.24) is 9.62 Å². The number of amides is 1. The van der Waals surface area contributed by atoms with Crippen LogP contribution in [0, 0.1) is 5.82 Å². The highest BCUT2D eigenvalue weighted by atomic mass is 32.2. The maximum absolute atomic E-state index is 14.9. The number of allylic oxidation sites excluding steroid dienone is 1. The third kappa shape index (κ3) is 6.91. The van der Waals surface area contributed by atoms with E-state index in [9.17, 15) is 35.2 Å². The Labute approximate surface area is 200 Å². The molecule has 0 bridgehead atoms. The Balaban J connectivity index is 1.76. The molecule has 0 spiro atoms. The van der Waals surface area contributed by atoms with E-state index < -0.39 is 63.3 Å². The Morgan fingerprint density at radius 3 is 2.54 bits per heavy atom. The molecule has 3 unspecified atom stereocenters. The molecule has 0 radical (unpaired) electrons. The molecule has 1 fully saturated rings. The van der Waals surface area contributed by atoms with Gasteiger partial charge in [0, 0.05) is 19.0 Å². The van der Waals surface area contributed by atoms with Gasteiger partial charge in [-0.1, -0.05) is 6.07 Å². The second-order valence-corrected chi connectivity index (χ2v) is 10.4. The van der Waals surface area contributed by atoms with Gasteiger partial charge in [-0.2, -0.15) is 13.2 Å². The molecule has 13 heteroatoms. The number of alkyl halides is 3. The van der Waals surface area contributed by atoms with Gasteiger partial charge < -0.3 is 14.4 Å². The molecule has 1 saturated heterocycles. The van der Waals surface area contributed by atoms with Crippen LogP contribution in [0.5, 0.6) is 0 Å². The van der Waals surface area contributed by atoms with E-state index in [4.69, 9.17) is 9.47 Å². The van der Waals surface area contributed by atoms with Gasteiger partial charge in [0.1, 0.15) is 11.6 Å². The zero-order chi connectivity index (χ0) is 26.0. The van der Waals surface area contributed by atoms with Crippen LogP contribution in [0.25, 0.3) is 5.57 Å². The van der Waals surface area contributed by atoms with Crippen LogP contribution in [0.4, 0.5) is 26.7 Å². The molecule has 2 aliphatic rings. The summed E-state index contributed by atoms with van der Waals surface area (Å²) in [5, 5.41) is 0. The molecule has 0 saturated carbocycles. The predicted octanol–water partition coefficient (Wildman–Crippen LogP) is 4.24. The van der Waals surface area contributed by atoms with Crippen LogP contribution in [0.15, 0.2) is 24.0 Å². The molecular formula is C22H27F5N2O5S. The molecule has 3 rings (SSSR count). The first kappa shape index (κ1) is 27.3. The predicted molar refractivity (Wildman–Crippen MR) is 117 cm³/mol. The lowest BCUT2D eigenvalue weighted by molar-refractivity contribution is -0.138. The lowest BCUT2D eigenvalue weighted by Crippen LogP contribution is -2.59. The number of rotatable bonds is 6. The lowest BCUT2D eigenvalue weighted by Gasteiger charge is -2.40. The molecule has 1 aromatic carbocycles. The first-order valence-corrected chi connectivity index (χ1v) is 12.9. The first-order chi connectivity index (χ1) is 16.3. The number of halogens is 5. The second-order valence-electron chi connectivity index (χ2n) is 8.64. The number of methoxy groups -OCH3 is 1. The van der Waals surface area contributed by atoms with Gasteiger partial charge in [0.2, 0.25) is 10.0 Å². The van der Waals surface area contributed by atoms with E-state index in [1.54, 1.807) is 0 Å². The molecule has 0 aromatic heterocycles. The second kappa shape index (κ2) is 10.8. The summed E-state index contributed by atoms with van der Waals surface area (Å²) in [6.45, 7) is 0.191. The van der Waals surface area contributed by atoms with Crippen LogP contribution < -0.4 is 4.72 Å². The summed E-state index contributed by atoms with van der Waals surface area (Å²) in [5.41, 5.74) is -1.80. The number of nitrogens with zero attached hydrogens (tertiary/aromatic N) is 1. The molecule has 35 heavy (non-hydrogen) atoms. The molecule has 1 aliphatic heterocycles. The van der Waals surface area contributed by atoms with Crippen LogP contribution in [0.1, 0.15) is 43.2 Å². The monoisotopic (exact) mass is 526 g/mol. The highest BCUT2D eigenvalue weighted by molar-refractivity contribution is 7.88. The van der Waals surface area contributed by atoms with Crippen molar-refractivity contribution in [2.45, 2.75) is 56.5 Å². The van der Waals surface area contributed by atoms with E-state index in [0.29, 0.717) is 25.5 Å². The van der Waals surface area contributed by atoms with Crippen LogP contribution in [0.2, 0.25) is 0 Å². The fourth-order valence-electron chi connectivity index (χ4n) is 4.56. The molecular weight excluding hydrogens is 499 g/mol. The lowest BCUT2D eigenvalue weighted by atomic mass is 9.88. The third-order valence-corrected chi connectivity index (χ3v) is 6.85. The first-order valence-electron chi connectivity index (χ1n) is 11.0. The number of carbonyl (C=O) groups excluding carboxylic acids is 1. The van der Waals surface area contributed by atoms with Gasteiger partial charge in [-0.3, -0.25) is 0 Å². The minimum atomic E-state index is -4.85. The number of hydrogen-bond acceptors (Lipinski definition) is 5.